The van der Waals surface area contributed by atoms with E-state index in [0.29, 0.717) is 6.42 Å². The van der Waals surface area contributed by atoms with Gasteiger partial charge in [0.15, 0.2) is 0 Å². The molecule has 86 valence electrons. The highest BCUT2D eigenvalue weighted by molar-refractivity contribution is 5.82. The van der Waals surface area contributed by atoms with Crippen molar-refractivity contribution in [2.45, 2.75) is 32.1 Å². The molecule has 1 saturated carbocycles. The maximum absolute atomic E-state index is 11.6. The Morgan fingerprint density at radius 2 is 2.06 bits per heavy atom. The summed E-state index contributed by atoms with van der Waals surface area (Å²) in [6.45, 7) is 1.92. The number of rotatable bonds is 1. The maximum atomic E-state index is 11.6. The number of ketones is 1. The van der Waals surface area contributed by atoms with Crippen molar-refractivity contribution in [1.82, 2.24) is 0 Å². The topological polar surface area (TPSA) is 57.5 Å². The molecule has 1 aromatic rings. The molecule has 3 heteroatoms. The van der Waals surface area contributed by atoms with Crippen LogP contribution in [0.15, 0.2) is 18.2 Å². The van der Waals surface area contributed by atoms with Gasteiger partial charge in [-0.1, -0.05) is 13.0 Å². The van der Waals surface area contributed by atoms with Crippen LogP contribution in [0.4, 0.5) is 0 Å². The Morgan fingerprint density at radius 3 is 2.75 bits per heavy atom. The number of aromatic hydroxyl groups is 2. The lowest BCUT2D eigenvalue weighted by atomic mass is 9.75. The molecule has 0 spiro atoms. The van der Waals surface area contributed by atoms with Crippen LogP contribution in [-0.2, 0) is 4.79 Å². The number of carbonyl (C=O) groups is 1. The van der Waals surface area contributed by atoms with Gasteiger partial charge >= 0.3 is 0 Å². The third-order valence-corrected chi connectivity index (χ3v) is 3.46. The van der Waals surface area contributed by atoms with Crippen LogP contribution in [0, 0.1) is 5.92 Å². The Labute approximate surface area is 94.7 Å². The van der Waals surface area contributed by atoms with Crippen molar-refractivity contribution in [3.05, 3.63) is 23.8 Å². The Kier molecular flexibility index (Phi) is 2.86. The SMILES string of the molecule is CC1C(=O)CCCC1c1ccc(O)cc1O. The molecule has 2 N–H and O–H groups in total. The molecule has 1 aliphatic rings. The van der Waals surface area contributed by atoms with Crippen LogP contribution in [0.3, 0.4) is 0 Å². The van der Waals surface area contributed by atoms with Crippen LogP contribution in [0.2, 0.25) is 0 Å². The first-order valence-electron chi connectivity index (χ1n) is 5.64. The second-order valence-electron chi connectivity index (χ2n) is 4.50. The second-order valence-corrected chi connectivity index (χ2v) is 4.50. The minimum Gasteiger partial charge on any atom is -0.508 e. The van der Waals surface area contributed by atoms with Crippen LogP contribution >= 0.6 is 0 Å². The summed E-state index contributed by atoms with van der Waals surface area (Å²) < 4.78 is 0. The van der Waals surface area contributed by atoms with Gasteiger partial charge in [0.05, 0.1) is 0 Å². The van der Waals surface area contributed by atoms with Crippen molar-refractivity contribution in [3.63, 3.8) is 0 Å². The summed E-state index contributed by atoms with van der Waals surface area (Å²) in [5.74, 6) is 0.456. The molecular weight excluding hydrogens is 204 g/mol. The summed E-state index contributed by atoms with van der Waals surface area (Å²) >= 11 is 0. The van der Waals surface area contributed by atoms with Crippen LogP contribution in [0.5, 0.6) is 11.5 Å². The monoisotopic (exact) mass is 220 g/mol. The standard InChI is InChI=1S/C13H16O3/c1-8-10(3-2-4-12(8)15)11-6-5-9(14)7-13(11)16/h5-8,10,14,16H,2-4H2,1H3. The number of hydrogen-bond acceptors (Lipinski definition) is 3. The van der Waals surface area contributed by atoms with E-state index < -0.39 is 0 Å². The van der Waals surface area contributed by atoms with Gasteiger partial charge in [-0.3, -0.25) is 4.79 Å². The number of hydrogen-bond donors (Lipinski definition) is 2. The predicted molar refractivity (Wildman–Crippen MR) is 60.5 cm³/mol. The number of phenolic OH excluding ortho intramolecular Hbond substituents is 2. The minimum atomic E-state index is -0.0378. The molecule has 2 rings (SSSR count). The molecule has 0 heterocycles. The second kappa shape index (κ2) is 4.16. The molecule has 2 atom stereocenters. The van der Waals surface area contributed by atoms with Gasteiger partial charge in [-0.2, -0.15) is 0 Å². The Hall–Kier alpha value is -1.51. The maximum Gasteiger partial charge on any atom is 0.136 e. The molecule has 16 heavy (non-hydrogen) atoms. The molecule has 1 aliphatic carbocycles. The van der Waals surface area contributed by atoms with Crippen molar-refractivity contribution in [2.24, 2.45) is 5.92 Å². The average molecular weight is 220 g/mol. The zero-order valence-electron chi connectivity index (χ0n) is 9.31. The van der Waals surface area contributed by atoms with E-state index in [4.69, 9.17) is 0 Å². The summed E-state index contributed by atoms with van der Waals surface area (Å²) in [5.41, 5.74) is 0.776. The van der Waals surface area contributed by atoms with E-state index in [9.17, 15) is 15.0 Å². The van der Waals surface area contributed by atoms with Crippen LogP contribution < -0.4 is 0 Å². The zero-order chi connectivity index (χ0) is 11.7. The lowest BCUT2D eigenvalue weighted by Gasteiger charge is -2.28. The summed E-state index contributed by atoms with van der Waals surface area (Å²) in [5, 5.41) is 19.0. The molecule has 3 nitrogen and oxygen atoms in total. The molecule has 0 aromatic heterocycles. The minimum absolute atomic E-state index is 0.0378. The first-order chi connectivity index (χ1) is 7.59. The Balaban J connectivity index is 2.32. The molecular formula is C13H16O3. The number of phenols is 2. The lowest BCUT2D eigenvalue weighted by molar-refractivity contribution is -0.124. The molecule has 1 fully saturated rings. The lowest BCUT2D eigenvalue weighted by Crippen LogP contribution is -2.24. The molecule has 0 saturated heterocycles. The van der Waals surface area contributed by atoms with Crippen molar-refractivity contribution >= 4 is 5.78 Å². The number of carbonyl (C=O) groups excluding carboxylic acids is 1. The molecule has 1 aromatic carbocycles. The van der Waals surface area contributed by atoms with E-state index >= 15 is 0 Å². The molecule has 0 radical (unpaired) electrons. The quantitative estimate of drug-likeness (QED) is 0.764. The first-order valence-corrected chi connectivity index (χ1v) is 5.64. The summed E-state index contributed by atoms with van der Waals surface area (Å²) in [6, 6.07) is 4.60. The van der Waals surface area contributed by atoms with Crippen molar-refractivity contribution < 1.29 is 15.0 Å². The van der Waals surface area contributed by atoms with Gasteiger partial charge in [0, 0.05) is 18.4 Å². The third-order valence-electron chi connectivity index (χ3n) is 3.46. The van der Waals surface area contributed by atoms with E-state index in [2.05, 4.69) is 0 Å². The van der Waals surface area contributed by atoms with Gasteiger partial charge in [0.1, 0.15) is 17.3 Å². The first kappa shape index (κ1) is 11.0. The highest BCUT2D eigenvalue weighted by Crippen LogP contribution is 2.40. The molecule has 2 unspecified atom stereocenters. The van der Waals surface area contributed by atoms with E-state index in [1.807, 2.05) is 6.92 Å². The predicted octanol–water partition coefficient (Wildman–Crippen LogP) is 2.57. The molecule has 0 bridgehead atoms. The van der Waals surface area contributed by atoms with Gasteiger partial charge in [0.2, 0.25) is 0 Å². The number of Topliss-reactive ketones (excluding diaryl/α,β-unsaturated/α-hetero) is 1. The van der Waals surface area contributed by atoms with Gasteiger partial charge in [-0.15, -0.1) is 0 Å². The third kappa shape index (κ3) is 1.90. The van der Waals surface area contributed by atoms with E-state index in [-0.39, 0.29) is 29.1 Å². The summed E-state index contributed by atoms with van der Waals surface area (Å²) in [7, 11) is 0. The summed E-state index contributed by atoms with van der Waals surface area (Å²) in [6.07, 6.45) is 2.45. The normalized spacial score (nSPS) is 25.7. The van der Waals surface area contributed by atoms with Gasteiger partial charge < -0.3 is 10.2 Å². The van der Waals surface area contributed by atoms with Crippen LogP contribution in [-0.4, -0.2) is 16.0 Å². The van der Waals surface area contributed by atoms with Crippen LogP contribution in [0.25, 0.3) is 0 Å². The fourth-order valence-electron chi connectivity index (χ4n) is 2.47. The largest absolute Gasteiger partial charge is 0.508 e. The van der Waals surface area contributed by atoms with E-state index in [0.717, 1.165) is 18.4 Å². The number of benzene rings is 1. The van der Waals surface area contributed by atoms with Crippen LogP contribution in [0.1, 0.15) is 37.7 Å². The van der Waals surface area contributed by atoms with Gasteiger partial charge in [-0.25, -0.2) is 0 Å². The van der Waals surface area contributed by atoms with Gasteiger partial charge in [-0.05, 0) is 30.4 Å². The summed E-state index contributed by atoms with van der Waals surface area (Å²) in [4.78, 5) is 11.6. The van der Waals surface area contributed by atoms with E-state index in [1.54, 1.807) is 12.1 Å². The molecule has 0 aliphatic heterocycles. The van der Waals surface area contributed by atoms with Crippen molar-refractivity contribution in [1.29, 1.82) is 0 Å². The average Bonchev–Trinajstić information content (AvgIpc) is 2.23. The fourth-order valence-corrected chi connectivity index (χ4v) is 2.47. The Bertz CT molecular complexity index is 412. The van der Waals surface area contributed by atoms with E-state index in [1.165, 1.54) is 6.07 Å². The van der Waals surface area contributed by atoms with Crippen molar-refractivity contribution in [3.8, 4) is 11.5 Å². The Morgan fingerprint density at radius 1 is 1.31 bits per heavy atom. The highest BCUT2D eigenvalue weighted by atomic mass is 16.3. The smallest absolute Gasteiger partial charge is 0.136 e. The van der Waals surface area contributed by atoms with Crippen molar-refractivity contribution in [2.75, 3.05) is 0 Å². The van der Waals surface area contributed by atoms with Gasteiger partial charge in [0.25, 0.3) is 0 Å². The highest BCUT2D eigenvalue weighted by Gasteiger charge is 2.30. The zero-order valence-corrected chi connectivity index (χ0v) is 9.31. The molecule has 0 amide bonds. The fraction of sp³-hybridized carbons (Fsp3) is 0.462.